The van der Waals surface area contributed by atoms with Crippen molar-refractivity contribution in [1.82, 2.24) is 20.1 Å². The maximum Gasteiger partial charge on any atom is 0.321 e. The zero-order chi connectivity index (χ0) is 18.0. The monoisotopic (exact) mass is 383 g/mol. The molecule has 0 aliphatic carbocycles. The van der Waals surface area contributed by atoms with Crippen LogP contribution in [0.1, 0.15) is 30.9 Å². The van der Waals surface area contributed by atoms with Gasteiger partial charge in [0.1, 0.15) is 5.82 Å². The van der Waals surface area contributed by atoms with Crippen LogP contribution in [0.5, 0.6) is 5.75 Å². The third-order valence-corrected chi connectivity index (χ3v) is 4.55. The fourth-order valence-corrected chi connectivity index (χ4v) is 3.41. The van der Waals surface area contributed by atoms with Crippen LogP contribution in [0.25, 0.3) is 0 Å². The zero-order valence-corrected chi connectivity index (χ0v) is 15.5. The minimum absolute atomic E-state index is 0.142. The van der Waals surface area contributed by atoms with Gasteiger partial charge in [-0.1, -0.05) is 23.2 Å². The Morgan fingerprint density at radius 1 is 1.44 bits per heavy atom. The molecule has 0 radical (unpaired) electrons. The van der Waals surface area contributed by atoms with Crippen molar-refractivity contribution in [3.05, 3.63) is 33.8 Å². The molecule has 2 amide bonds. The van der Waals surface area contributed by atoms with E-state index in [1.54, 1.807) is 17.0 Å². The van der Waals surface area contributed by atoms with Crippen LogP contribution in [0, 0.1) is 6.92 Å². The van der Waals surface area contributed by atoms with Gasteiger partial charge >= 0.3 is 6.03 Å². The number of likely N-dealkylation sites (tertiary alicyclic amines) is 1. The standard InChI is InChI=1S/C16H19Cl2N5O2/c1-3-25-14-12(17)6-11(7-13(14)18)20-16(24)23-5-4-10(8-23)15-19-9(2)21-22-15/h6-7,10H,3-5,8H2,1-2H3,(H,20,24)(H,19,21,22)/t10-/m1/s1. The number of nitrogens with zero attached hydrogens (tertiary/aromatic N) is 3. The number of anilines is 1. The minimum Gasteiger partial charge on any atom is -0.491 e. The molecule has 1 aromatic heterocycles. The lowest BCUT2D eigenvalue weighted by Crippen LogP contribution is -2.32. The van der Waals surface area contributed by atoms with Crippen molar-refractivity contribution in [3.8, 4) is 5.75 Å². The molecule has 2 heterocycles. The smallest absolute Gasteiger partial charge is 0.321 e. The number of ether oxygens (including phenoxy) is 1. The third kappa shape index (κ3) is 3.99. The van der Waals surface area contributed by atoms with Gasteiger partial charge in [-0.25, -0.2) is 9.78 Å². The Bertz CT molecular complexity index is 757. The summed E-state index contributed by atoms with van der Waals surface area (Å²) in [6.45, 7) is 5.38. The predicted octanol–water partition coefficient (Wildman–Crippen LogP) is 3.84. The summed E-state index contributed by atoms with van der Waals surface area (Å²) in [5.41, 5.74) is 0.528. The van der Waals surface area contributed by atoms with E-state index < -0.39 is 0 Å². The molecule has 3 rings (SSSR count). The molecule has 25 heavy (non-hydrogen) atoms. The van der Waals surface area contributed by atoms with Crippen molar-refractivity contribution in [2.24, 2.45) is 0 Å². The van der Waals surface area contributed by atoms with E-state index in [-0.39, 0.29) is 11.9 Å². The molecule has 2 aromatic rings. The van der Waals surface area contributed by atoms with Crippen LogP contribution in [0.15, 0.2) is 12.1 Å². The molecule has 2 N–H and O–H groups in total. The van der Waals surface area contributed by atoms with E-state index >= 15 is 0 Å². The normalized spacial score (nSPS) is 17.0. The lowest BCUT2D eigenvalue weighted by atomic mass is 10.1. The second kappa shape index (κ2) is 7.49. The number of hydrogen-bond acceptors (Lipinski definition) is 4. The molecule has 9 heteroatoms. The second-order valence-electron chi connectivity index (χ2n) is 5.84. The third-order valence-electron chi connectivity index (χ3n) is 3.99. The van der Waals surface area contributed by atoms with Gasteiger partial charge in [0.2, 0.25) is 0 Å². The summed E-state index contributed by atoms with van der Waals surface area (Å²) in [5, 5.41) is 10.6. The SMILES string of the molecule is CCOc1c(Cl)cc(NC(=O)N2CC[C@@H](c3n[nH]c(C)n3)C2)cc1Cl. The summed E-state index contributed by atoms with van der Waals surface area (Å²) < 4.78 is 5.39. The molecular formula is C16H19Cl2N5O2. The summed E-state index contributed by atoms with van der Waals surface area (Å²) in [6.07, 6.45) is 0.829. The molecule has 134 valence electrons. The van der Waals surface area contributed by atoms with Gasteiger partial charge < -0.3 is 15.0 Å². The number of carbonyl (C=O) groups excluding carboxylic acids is 1. The summed E-state index contributed by atoms with van der Waals surface area (Å²) >= 11 is 12.3. The quantitative estimate of drug-likeness (QED) is 0.839. The van der Waals surface area contributed by atoms with Crippen molar-refractivity contribution in [2.45, 2.75) is 26.2 Å². The largest absolute Gasteiger partial charge is 0.491 e. The van der Waals surface area contributed by atoms with E-state index in [1.165, 1.54) is 0 Å². The number of carbonyl (C=O) groups is 1. The Hall–Kier alpha value is -1.99. The number of benzene rings is 1. The highest BCUT2D eigenvalue weighted by atomic mass is 35.5. The molecule has 0 saturated carbocycles. The first kappa shape index (κ1) is 17.8. The second-order valence-corrected chi connectivity index (χ2v) is 6.66. The van der Waals surface area contributed by atoms with Crippen molar-refractivity contribution < 1.29 is 9.53 Å². The van der Waals surface area contributed by atoms with Gasteiger partial charge in [-0.05, 0) is 32.4 Å². The maximum absolute atomic E-state index is 12.5. The lowest BCUT2D eigenvalue weighted by Gasteiger charge is -2.18. The van der Waals surface area contributed by atoms with Crippen LogP contribution < -0.4 is 10.1 Å². The average Bonchev–Trinajstić information content (AvgIpc) is 3.19. The number of amides is 2. The summed E-state index contributed by atoms with van der Waals surface area (Å²) in [6, 6.07) is 3.05. The molecule has 1 saturated heterocycles. The molecule has 0 unspecified atom stereocenters. The number of aromatic amines is 1. The molecule has 1 aromatic carbocycles. The van der Waals surface area contributed by atoms with Gasteiger partial charge in [0.15, 0.2) is 11.6 Å². The number of H-pyrrole nitrogens is 1. The average molecular weight is 384 g/mol. The molecule has 7 nitrogen and oxygen atoms in total. The number of aromatic nitrogens is 3. The highest BCUT2D eigenvalue weighted by molar-refractivity contribution is 6.37. The highest BCUT2D eigenvalue weighted by Crippen LogP contribution is 2.36. The molecule has 1 fully saturated rings. The summed E-state index contributed by atoms with van der Waals surface area (Å²) in [4.78, 5) is 18.6. The molecular weight excluding hydrogens is 365 g/mol. The van der Waals surface area contributed by atoms with E-state index in [0.29, 0.717) is 41.2 Å². The number of hydrogen-bond donors (Lipinski definition) is 2. The van der Waals surface area contributed by atoms with Crippen molar-refractivity contribution in [3.63, 3.8) is 0 Å². The molecule has 1 aliphatic rings. The number of rotatable bonds is 4. The van der Waals surface area contributed by atoms with Crippen LogP contribution in [0.2, 0.25) is 10.0 Å². The first-order chi connectivity index (χ1) is 12.0. The molecule has 0 spiro atoms. The Labute approximate surface area is 155 Å². The summed E-state index contributed by atoms with van der Waals surface area (Å²) in [7, 11) is 0. The van der Waals surface area contributed by atoms with E-state index in [9.17, 15) is 4.79 Å². The van der Waals surface area contributed by atoms with E-state index in [4.69, 9.17) is 27.9 Å². The van der Waals surface area contributed by atoms with Crippen LogP contribution in [-0.2, 0) is 0 Å². The van der Waals surface area contributed by atoms with Gasteiger partial charge in [-0.2, -0.15) is 5.10 Å². The number of nitrogens with one attached hydrogen (secondary N) is 2. The highest BCUT2D eigenvalue weighted by Gasteiger charge is 2.30. The van der Waals surface area contributed by atoms with Gasteiger partial charge in [0, 0.05) is 24.7 Å². The van der Waals surface area contributed by atoms with Crippen LogP contribution >= 0.6 is 23.2 Å². The number of aryl methyl sites for hydroxylation is 1. The van der Waals surface area contributed by atoms with Gasteiger partial charge in [-0.3, -0.25) is 5.10 Å². The van der Waals surface area contributed by atoms with Crippen LogP contribution in [0.4, 0.5) is 10.5 Å². The maximum atomic E-state index is 12.5. The first-order valence-corrected chi connectivity index (χ1v) is 8.80. The predicted molar refractivity (Wildman–Crippen MR) is 96.7 cm³/mol. The molecule has 1 atom stereocenters. The Kier molecular flexibility index (Phi) is 5.34. The molecule has 0 bridgehead atoms. The summed E-state index contributed by atoms with van der Waals surface area (Å²) in [5.74, 6) is 2.09. The van der Waals surface area contributed by atoms with Crippen molar-refractivity contribution >= 4 is 34.9 Å². The number of urea groups is 1. The van der Waals surface area contributed by atoms with Crippen molar-refractivity contribution in [2.75, 3.05) is 25.0 Å². The Morgan fingerprint density at radius 2 is 2.16 bits per heavy atom. The number of halogens is 2. The fourth-order valence-electron chi connectivity index (χ4n) is 2.81. The lowest BCUT2D eigenvalue weighted by molar-refractivity contribution is 0.222. The van der Waals surface area contributed by atoms with Crippen molar-refractivity contribution in [1.29, 1.82) is 0 Å². The Balaban J connectivity index is 1.65. The zero-order valence-electron chi connectivity index (χ0n) is 14.0. The van der Waals surface area contributed by atoms with Crippen LogP contribution in [0.3, 0.4) is 0 Å². The molecule has 1 aliphatic heterocycles. The first-order valence-electron chi connectivity index (χ1n) is 8.04. The van der Waals surface area contributed by atoms with E-state index in [0.717, 1.165) is 18.1 Å². The van der Waals surface area contributed by atoms with Gasteiger partial charge in [0.25, 0.3) is 0 Å². The Morgan fingerprint density at radius 3 is 2.76 bits per heavy atom. The van der Waals surface area contributed by atoms with Gasteiger partial charge in [-0.15, -0.1) is 0 Å². The van der Waals surface area contributed by atoms with Crippen LogP contribution in [-0.4, -0.2) is 45.8 Å². The van der Waals surface area contributed by atoms with Gasteiger partial charge in [0.05, 0.1) is 16.7 Å². The minimum atomic E-state index is -0.203. The van der Waals surface area contributed by atoms with E-state index in [2.05, 4.69) is 20.5 Å². The van der Waals surface area contributed by atoms with E-state index in [1.807, 2.05) is 13.8 Å². The fraction of sp³-hybridized carbons (Fsp3) is 0.438. The topological polar surface area (TPSA) is 83.1 Å².